The van der Waals surface area contributed by atoms with Gasteiger partial charge in [0.1, 0.15) is 0 Å². The fourth-order valence-electron chi connectivity index (χ4n) is 4.45. The van der Waals surface area contributed by atoms with Gasteiger partial charge in [-0.2, -0.15) is 0 Å². The maximum atomic E-state index is 3.91. The lowest BCUT2D eigenvalue weighted by Gasteiger charge is -2.48. The van der Waals surface area contributed by atoms with Gasteiger partial charge in [-0.3, -0.25) is 4.90 Å². The number of hydrogen-bond acceptors (Lipinski definition) is 2. The summed E-state index contributed by atoms with van der Waals surface area (Å²) in [5, 5.41) is 3.91. The topological polar surface area (TPSA) is 15.3 Å². The second-order valence-electron chi connectivity index (χ2n) is 6.70. The first-order chi connectivity index (χ1) is 8.30. The van der Waals surface area contributed by atoms with Crippen molar-refractivity contribution in [1.82, 2.24) is 10.2 Å². The van der Waals surface area contributed by atoms with Crippen LogP contribution in [0.4, 0.5) is 0 Å². The van der Waals surface area contributed by atoms with E-state index in [4.69, 9.17) is 0 Å². The van der Waals surface area contributed by atoms with Crippen LogP contribution in [0.25, 0.3) is 0 Å². The molecule has 1 unspecified atom stereocenters. The van der Waals surface area contributed by atoms with Gasteiger partial charge in [0, 0.05) is 24.7 Å². The molecule has 0 aromatic carbocycles. The van der Waals surface area contributed by atoms with E-state index in [9.17, 15) is 0 Å². The molecule has 1 atom stereocenters. The van der Waals surface area contributed by atoms with E-state index in [1.807, 2.05) is 0 Å². The van der Waals surface area contributed by atoms with Gasteiger partial charge in [-0.15, -0.1) is 0 Å². The first-order valence-corrected chi connectivity index (χ1v) is 7.75. The highest BCUT2D eigenvalue weighted by Gasteiger charge is 2.42. The molecule has 1 N–H and O–H groups in total. The molecule has 3 fully saturated rings. The predicted octanol–water partition coefficient (Wildman–Crippen LogP) is 2.78. The van der Waals surface area contributed by atoms with E-state index < -0.39 is 0 Å². The molecule has 3 aliphatic rings. The van der Waals surface area contributed by atoms with E-state index in [1.54, 1.807) is 0 Å². The zero-order valence-corrected chi connectivity index (χ0v) is 11.4. The molecule has 2 heteroatoms. The maximum absolute atomic E-state index is 3.91. The lowest BCUT2D eigenvalue weighted by atomic mass is 9.81. The van der Waals surface area contributed by atoms with Crippen molar-refractivity contribution in [2.75, 3.05) is 20.1 Å². The van der Waals surface area contributed by atoms with Crippen LogP contribution in [0.15, 0.2) is 0 Å². The summed E-state index contributed by atoms with van der Waals surface area (Å²) in [5.74, 6) is 0.963. The van der Waals surface area contributed by atoms with Crippen molar-refractivity contribution < 1.29 is 0 Å². The largest absolute Gasteiger partial charge is 0.311 e. The van der Waals surface area contributed by atoms with Crippen molar-refractivity contribution in [2.45, 2.75) is 69.4 Å². The summed E-state index contributed by atoms with van der Waals surface area (Å²) in [7, 11) is 2.38. The highest BCUT2D eigenvalue weighted by Crippen LogP contribution is 2.38. The number of nitrogens with one attached hydrogen (secondary N) is 1. The third-order valence-electron chi connectivity index (χ3n) is 5.73. The molecule has 3 rings (SSSR count). The van der Waals surface area contributed by atoms with E-state index in [0.717, 1.165) is 12.0 Å². The van der Waals surface area contributed by atoms with Crippen LogP contribution in [-0.4, -0.2) is 36.6 Å². The molecule has 1 heterocycles. The molecule has 17 heavy (non-hydrogen) atoms. The Kier molecular flexibility index (Phi) is 3.45. The van der Waals surface area contributed by atoms with Gasteiger partial charge in [-0.25, -0.2) is 0 Å². The predicted molar refractivity (Wildman–Crippen MR) is 72.2 cm³/mol. The smallest absolute Gasteiger partial charge is 0.0331 e. The average molecular weight is 236 g/mol. The molecule has 2 saturated carbocycles. The number of likely N-dealkylation sites (N-methyl/N-ethyl adjacent to an activating group) is 1. The number of piperazine rings is 1. The van der Waals surface area contributed by atoms with Crippen molar-refractivity contribution in [3.8, 4) is 0 Å². The number of rotatable bonds is 1. The van der Waals surface area contributed by atoms with Crippen LogP contribution in [0.3, 0.4) is 0 Å². The first kappa shape index (κ1) is 12.0. The van der Waals surface area contributed by atoms with Crippen LogP contribution in [0.2, 0.25) is 0 Å². The Hall–Kier alpha value is -0.0800. The third kappa shape index (κ3) is 2.26. The highest BCUT2D eigenvalue weighted by atomic mass is 15.3. The van der Waals surface area contributed by atoms with E-state index in [0.29, 0.717) is 5.54 Å². The first-order valence-electron chi connectivity index (χ1n) is 7.75. The maximum Gasteiger partial charge on any atom is 0.0331 e. The zero-order chi connectivity index (χ0) is 11.7. The highest BCUT2D eigenvalue weighted by molar-refractivity contribution is 5.01. The van der Waals surface area contributed by atoms with Crippen molar-refractivity contribution >= 4 is 0 Å². The number of nitrogens with zero attached hydrogens (tertiary/aromatic N) is 1. The Morgan fingerprint density at radius 2 is 1.71 bits per heavy atom. The van der Waals surface area contributed by atoms with Crippen molar-refractivity contribution in [1.29, 1.82) is 0 Å². The fourth-order valence-corrected chi connectivity index (χ4v) is 4.45. The van der Waals surface area contributed by atoms with E-state index in [-0.39, 0.29) is 0 Å². The van der Waals surface area contributed by atoms with Gasteiger partial charge in [0.15, 0.2) is 0 Å². The summed E-state index contributed by atoms with van der Waals surface area (Å²) < 4.78 is 0. The molecule has 98 valence electrons. The summed E-state index contributed by atoms with van der Waals surface area (Å²) in [5.41, 5.74) is 0.533. The molecule has 1 aliphatic heterocycles. The molecule has 0 amide bonds. The van der Waals surface area contributed by atoms with Gasteiger partial charge in [0.05, 0.1) is 0 Å². The molecule has 0 aromatic heterocycles. The second kappa shape index (κ2) is 4.89. The van der Waals surface area contributed by atoms with Gasteiger partial charge in [0.2, 0.25) is 0 Å². The Balaban J connectivity index is 1.60. The minimum Gasteiger partial charge on any atom is -0.311 e. The van der Waals surface area contributed by atoms with Gasteiger partial charge >= 0.3 is 0 Å². The SMILES string of the molecule is CN1CC(C2CCCCC2)NCC12CCCC2. The standard InChI is InChI=1S/C15H28N2/c1-17-11-14(13-7-3-2-4-8-13)16-12-15(17)9-5-6-10-15/h13-14,16H,2-12H2,1H3. The Bertz CT molecular complexity index is 252. The van der Waals surface area contributed by atoms with Crippen LogP contribution in [0.1, 0.15) is 57.8 Å². The van der Waals surface area contributed by atoms with Crippen LogP contribution < -0.4 is 5.32 Å². The number of hydrogen-bond donors (Lipinski definition) is 1. The minimum atomic E-state index is 0.533. The normalized spacial score (nSPS) is 35.5. The average Bonchev–Trinajstić information content (AvgIpc) is 2.84. The summed E-state index contributed by atoms with van der Waals surface area (Å²) in [6.45, 7) is 2.55. The lowest BCUT2D eigenvalue weighted by Crippen LogP contribution is -2.63. The van der Waals surface area contributed by atoms with E-state index >= 15 is 0 Å². The fraction of sp³-hybridized carbons (Fsp3) is 1.00. The second-order valence-corrected chi connectivity index (χ2v) is 6.70. The van der Waals surface area contributed by atoms with Crippen molar-refractivity contribution in [3.05, 3.63) is 0 Å². The Morgan fingerprint density at radius 3 is 2.35 bits per heavy atom. The van der Waals surface area contributed by atoms with Gasteiger partial charge in [0.25, 0.3) is 0 Å². The van der Waals surface area contributed by atoms with Crippen molar-refractivity contribution in [2.24, 2.45) is 5.92 Å². The van der Waals surface area contributed by atoms with Gasteiger partial charge in [-0.1, -0.05) is 32.1 Å². The lowest BCUT2D eigenvalue weighted by molar-refractivity contribution is 0.0469. The summed E-state index contributed by atoms with van der Waals surface area (Å²) in [6.07, 6.45) is 13.1. The molecule has 2 aliphatic carbocycles. The molecule has 2 nitrogen and oxygen atoms in total. The van der Waals surface area contributed by atoms with Gasteiger partial charge < -0.3 is 5.32 Å². The van der Waals surface area contributed by atoms with E-state index in [1.165, 1.54) is 70.9 Å². The Morgan fingerprint density at radius 1 is 1.00 bits per heavy atom. The van der Waals surface area contributed by atoms with Crippen LogP contribution in [0.5, 0.6) is 0 Å². The van der Waals surface area contributed by atoms with Crippen LogP contribution in [-0.2, 0) is 0 Å². The third-order valence-corrected chi connectivity index (χ3v) is 5.73. The van der Waals surface area contributed by atoms with Gasteiger partial charge in [-0.05, 0) is 38.6 Å². The van der Waals surface area contributed by atoms with Crippen molar-refractivity contribution in [3.63, 3.8) is 0 Å². The zero-order valence-electron chi connectivity index (χ0n) is 11.4. The molecule has 1 spiro atoms. The summed E-state index contributed by atoms with van der Waals surface area (Å²) in [4.78, 5) is 2.70. The Labute approximate surface area is 106 Å². The molecule has 0 aromatic rings. The molecule has 0 radical (unpaired) electrons. The van der Waals surface area contributed by atoms with E-state index in [2.05, 4.69) is 17.3 Å². The van der Waals surface area contributed by atoms with Crippen LogP contribution >= 0.6 is 0 Å². The summed E-state index contributed by atoms with van der Waals surface area (Å²) >= 11 is 0. The quantitative estimate of drug-likeness (QED) is 0.753. The summed E-state index contributed by atoms with van der Waals surface area (Å²) in [6, 6.07) is 0.784. The molecular weight excluding hydrogens is 208 g/mol. The molecule has 0 bridgehead atoms. The molecular formula is C15H28N2. The molecule has 1 saturated heterocycles. The van der Waals surface area contributed by atoms with Crippen LogP contribution in [0, 0.1) is 5.92 Å². The minimum absolute atomic E-state index is 0.533. The monoisotopic (exact) mass is 236 g/mol.